The number of hydrogen-bond donors (Lipinski definition) is 1. The molecule has 1 N–H and O–H groups in total. The molecule has 0 fully saturated rings. The maximum Gasteiger partial charge on any atom is 0.340 e. The Balaban J connectivity index is 1.83. The molecular formula is C30H24N2O4S. The van der Waals surface area contributed by atoms with Crippen LogP contribution in [0.15, 0.2) is 96.0 Å². The van der Waals surface area contributed by atoms with Gasteiger partial charge in [0.25, 0.3) is 10.0 Å². The first-order valence-electron chi connectivity index (χ1n) is 12.0. The van der Waals surface area contributed by atoms with E-state index in [0.29, 0.717) is 27.4 Å². The van der Waals surface area contributed by atoms with Crippen LogP contribution in [0, 0.1) is 6.92 Å². The number of esters is 1. The van der Waals surface area contributed by atoms with E-state index >= 15 is 0 Å². The highest BCUT2D eigenvalue weighted by atomic mass is 32.2. The largest absolute Gasteiger partial charge is 0.462 e. The molecule has 6 nitrogen and oxygen atoms in total. The fourth-order valence-corrected chi connectivity index (χ4v) is 6.55. The second-order valence-corrected chi connectivity index (χ2v) is 10.7. The Bertz CT molecular complexity index is 1920. The van der Waals surface area contributed by atoms with E-state index in [9.17, 15) is 13.2 Å². The van der Waals surface area contributed by atoms with Crippen LogP contribution in [0.25, 0.3) is 43.8 Å². The smallest absolute Gasteiger partial charge is 0.340 e. The van der Waals surface area contributed by atoms with Crippen molar-refractivity contribution in [2.45, 2.75) is 18.7 Å². The van der Waals surface area contributed by atoms with Gasteiger partial charge < -0.3 is 9.72 Å². The highest BCUT2D eigenvalue weighted by Crippen LogP contribution is 2.42. The number of rotatable bonds is 5. The van der Waals surface area contributed by atoms with Gasteiger partial charge in [-0.05, 0) is 43.7 Å². The molecule has 0 saturated heterocycles. The van der Waals surface area contributed by atoms with Gasteiger partial charge in [0, 0.05) is 27.9 Å². The molecule has 0 saturated carbocycles. The lowest BCUT2D eigenvalue weighted by molar-refractivity contribution is 0.0529. The summed E-state index contributed by atoms with van der Waals surface area (Å²) in [6, 6.07) is 25.7. The average Bonchev–Trinajstić information content (AvgIpc) is 3.49. The standard InChI is InChI=1S/C30H24N2O4S/c1-3-36-30(33)24-18-31-29-23(20-15-13-19(2)14-16-20)17-26-27(28(24)29)22-11-7-8-12-25(22)32(26)37(34,35)21-9-5-4-6-10-21/h4-18,31H,3H2,1-2H3. The minimum absolute atomic E-state index is 0.189. The van der Waals surface area contributed by atoms with E-state index in [4.69, 9.17) is 4.74 Å². The Hall–Kier alpha value is -4.36. The molecule has 0 aliphatic heterocycles. The maximum absolute atomic E-state index is 14.1. The Morgan fingerprint density at radius 3 is 2.32 bits per heavy atom. The number of aryl methyl sites for hydroxylation is 1. The van der Waals surface area contributed by atoms with Crippen molar-refractivity contribution in [1.29, 1.82) is 0 Å². The van der Waals surface area contributed by atoms with E-state index in [2.05, 4.69) is 4.98 Å². The van der Waals surface area contributed by atoms with Crippen LogP contribution in [0.1, 0.15) is 22.8 Å². The predicted octanol–water partition coefficient (Wildman–Crippen LogP) is 6.66. The zero-order chi connectivity index (χ0) is 25.7. The zero-order valence-electron chi connectivity index (χ0n) is 20.4. The van der Waals surface area contributed by atoms with Crippen LogP contribution in [0.5, 0.6) is 0 Å². The quantitative estimate of drug-likeness (QED) is 0.264. The first-order chi connectivity index (χ1) is 17.9. The summed E-state index contributed by atoms with van der Waals surface area (Å²) in [7, 11) is -3.96. The van der Waals surface area contributed by atoms with Gasteiger partial charge in [-0.2, -0.15) is 0 Å². The lowest BCUT2D eigenvalue weighted by Crippen LogP contribution is -2.12. The minimum Gasteiger partial charge on any atom is -0.462 e. The summed E-state index contributed by atoms with van der Waals surface area (Å²) in [5.74, 6) is -0.459. The van der Waals surface area contributed by atoms with E-state index in [1.165, 1.54) is 3.97 Å². The van der Waals surface area contributed by atoms with E-state index in [1.807, 2.05) is 55.5 Å². The van der Waals surface area contributed by atoms with Gasteiger partial charge in [0.1, 0.15) is 0 Å². The third kappa shape index (κ3) is 3.54. The number of aromatic nitrogens is 2. The molecule has 6 rings (SSSR count). The van der Waals surface area contributed by atoms with Crippen LogP contribution in [-0.4, -0.2) is 30.0 Å². The van der Waals surface area contributed by atoms with Crippen molar-refractivity contribution >= 4 is 48.7 Å². The van der Waals surface area contributed by atoms with Crippen LogP contribution in [0.3, 0.4) is 0 Å². The van der Waals surface area contributed by atoms with Gasteiger partial charge in [0.05, 0.1) is 33.6 Å². The highest BCUT2D eigenvalue weighted by Gasteiger charge is 2.28. The molecule has 0 unspecified atom stereocenters. The third-order valence-corrected chi connectivity index (χ3v) is 8.43. The Morgan fingerprint density at radius 2 is 1.59 bits per heavy atom. The van der Waals surface area contributed by atoms with Gasteiger partial charge in [-0.1, -0.05) is 66.2 Å². The first-order valence-corrected chi connectivity index (χ1v) is 13.5. The van der Waals surface area contributed by atoms with E-state index in [1.54, 1.807) is 49.5 Å². The molecular weight excluding hydrogens is 484 g/mol. The van der Waals surface area contributed by atoms with E-state index in [0.717, 1.165) is 27.6 Å². The van der Waals surface area contributed by atoms with Gasteiger partial charge in [0.2, 0.25) is 0 Å². The second-order valence-electron chi connectivity index (χ2n) is 8.96. The summed E-state index contributed by atoms with van der Waals surface area (Å²) in [5.41, 5.74) is 4.97. The zero-order valence-corrected chi connectivity index (χ0v) is 21.2. The summed E-state index contributed by atoms with van der Waals surface area (Å²) in [5, 5.41) is 2.07. The maximum atomic E-state index is 14.1. The number of benzene rings is 4. The molecule has 0 atom stereocenters. The molecule has 6 aromatic rings. The average molecular weight is 509 g/mol. The summed E-state index contributed by atoms with van der Waals surface area (Å²) < 4.78 is 34.9. The van der Waals surface area contributed by atoms with E-state index in [-0.39, 0.29) is 11.5 Å². The van der Waals surface area contributed by atoms with E-state index < -0.39 is 16.0 Å². The van der Waals surface area contributed by atoms with Crippen LogP contribution in [0.4, 0.5) is 0 Å². The highest BCUT2D eigenvalue weighted by molar-refractivity contribution is 7.90. The number of nitrogens with zero attached hydrogens (tertiary/aromatic N) is 1. The van der Waals surface area contributed by atoms with Crippen LogP contribution >= 0.6 is 0 Å². The third-order valence-electron chi connectivity index (χ3n) is 6.69. The van der Waals surface area contributed by atoms with Crippen molar-refractivity contribution in [3.05, 3.63) is 102 Å². The number of hydrogen-bond acceptors (Lipinski definition) is 4. The number of H-pyrrole nitrogens is 1. The predicted molar refractivity (Wildman–Crippen MR) is 146 cm³/mol. The molecule has 2 aromatic heterocycles. The van der Waals surface area contributed by atoms with Crippen LogP contribution in [-0.2, 0) is 14.8 Å². The van der Waals surface area contributed by atoms with Crippen molar-refractivity contribution in [2.75, 3.05) is 6.61 Å². The molecule has 184 valence electrons. The molecule has 2 heterocycles. The fraction of sp³-hybridized carbons (Fsp3) is 0.100. The van der Waals surface area contributed by atoms with Crippen LogP contribution in [0.2, 0.25) is 0 Å². The summed E-state index contributed by atoms with van der Waals surface area (Å²) in [4.78, 5) is 16.5. The summed E-state index contributed by atoms with van der Waals surface area (Å²) in [6.45, 7) is 4.01. The molecule has 0 radical (unpaired) electrons. The van der Waals surface area contributed by atoms with Crippen molar-refractivity contribution in [3.8, 4) is 11.1 Å². The number of carbonyl (C=O) groups is 1. The van der Waals surface area contributed by atoms with Crippen molar-refractivity contribution in [1.82, 2.24) is 8.96 Å². The number of para-hydroxylation sites is 1. The lowest BCUT2D eigenvalue weighted by atomic mass is 9.97. The summed E-state index contributed by atoms with van der Waals surface area (Å²) in [6.07, 6.45) is 1.65. The lowest BCUT2D eigenvalue weighted by Gasteiger charge is -2.12. The Labute approximate surface area is 214 Å². The van der Waals surface area contributed by atoms with Crippen LogP contribution < -0.4 is 0 Å². The van der Waals surface area contributed by atoms with Gasteiger partial charge in [-0.3, -0.25) is 0 Å². The number of fused-ring (bicyclic) bond motifs is 5. The van der Waals surface area contributed by atoms with Gasteiger partial charge in [-0.25, -0.2) is 17.2 Å². The van der Waals surface area contributed by atoms with Gasteiger partial charge in [-0.15, -0.1) is 0 Å². The monoisotopic (exact) mass is 508 g/mol. The topological polar surface area (TPSA) is 81.2 Å². The van der Waals surface area contributed by atoms with Gasteiger partial charge in [0.15, 0.2) is 0 Å². The Morgan fingerprint density at radius 1 is 0.892 bits per heavy atom. The molecule has 0 bridgehead atoms. The number of carbonyl (C=O) groups excluding carboxylic acids is 1. The van der Waals surface area contributed by atoms with Crippen molar-refractivity contribution < 1.29 is 17.9 Å². The minimum atomic E-state index is -3.96. The molecule has 0 aliphatic rings. The second kappa shape index (κ2) is 8.64. The number of nitrogens with one attached hydrogen (secondary N) is 1. The summed E-state index contributed by atoms with van der Waals surface area (Å²) >= 11 is 0. The first kappa shape index (κ1) is 23.1. The number of aromatic amines is 1. The normalized spacial score (nSPS) is 11.9. The number of ether oxygens (including phenoxy) is 1. The fourth-order valence-electron chi connectivity index (χ4n) is 5.02. The molecule has 4 aromatic carbocycles. The molecule has 0 amide bonds. The van der Waals surface area contributed by atoms with Gasteiger partial charge >= 0.3 is 5.97 Å². The Kier molecular flexibility index (Phi) is 5.38. The molecule has 0 aliphatic carbocycles. The molecule has 37 heavy (non-hydrogen) atoms. The van der Waals surface area contributed by atoms with Crippen molar-refractivity contribution in [3.63, 3.8) is 0 Å². The van der Waals surface area contributed by atoms with Crippen molar-refractivity contribution in [2.24, 2.45) is 0 Å². The SMILES string of the molecule is CCOC(=O)c1c[nH]c2c(-c3ccc(C)cc3)cc3c(c4ccccc4n3S(=O)(=O)c3ccccc3)c12. The molecule has 0 spiro atoms. The molecule has 7 heteroatoms.